The number of benzene rings is 1. The Labute approximate surface area is 121 Å². The molecule has 0 radical (unpaired) electrons. The van der Waals surface area contributed by atoms with Gasteiger partial charge in [0, 0.05) is 12.2 Å². The number of imidazole rings is 1. The van der Waals surface area contributed by atoms with Gasteiger partial charge in [0.05, 0.1) is 16.4 Å². The van der Waals surface area contributed by atoms with Crippen LogP contribution in [0.4, 0.5) is 5.69 Å². The fourth-order valence-corrected chi connectivity index (χ4v) is 3.20. The first-order valence-corrected chi connectivity index (χ1v) is 6.97. The van der Waals surface area contributed by atoms with Crippen LogP contribution < -0.4 is 5.73 Å². The summed E-state index contributed by atoms with van der Waals surface area (Å²) in [5.74, 6) is 0.191. The van der Waals surface area contributed by atoms with Crippen molar-refractivity contribution in [2.24, 2.45) is 0 Å². The molecule has 2 aromatic rings. The average molecular weight is 296 g/mol. The minimum atomic E-state index is 0.191. The van der Waals surface area contributed by atoms with Crippen LogP contribution in [0.3, 0.4) is 0 Å². The molecule has 0 saturated carbocycles. The van der Waals surface area contributed by atoms with Crippen LogP contribution in [0.1, 0.15) is 18.5 Å². The predicted molar refractivity (Wildman–Crippen MR) is 78.6 cm³/mol. The van der Waals surface area contributed by atoms with E-state index in [0.717, 1.165) is 31.5 Å². The highest BCUT2D eigenvalue weighted by Crippen LogP contribution is 2.33. The van der Waals surface area contributed by atoms with Gasteiger partial charge in [0.25, 0.3) is 0 Å². The molecule has 0 saturated heterocycles. The molecule has 1 aliphatic rings. The maximum Gasteiger partial charge on any atom is 0.218 e. The number of fused-ring (bicyclic) bond motifs is 1. The molecule has 0 bridgehead atoms. The summed E-state index contributed by atoms with van der Waals surface area (Å²) >= 11 is 11.7. The van der Waals surface area contributed by atoms with Gasteiger partial charge in [-0.25, -0.2) is 0 Å². The van der Waals surface area contributed by atoms with Crippen molar-refractivity contribution >= 4 is 29.5 Å². The Morgan fingerprint density at radius 3 is 2.79 bits per heavy atom. The number of hydrogen-bond acceptors (Lipinski definition) is 3. The lowest BCUT2D eigenvalue weighted by Crippen LogP contribution is -2.09. The lowest BCUT2D eigenvalue weighted by molar-refractivity contribution is 0.426. The first kappa shape index (κ1) is 12.6. The van der Waals surface area contributed by atoms with Crippen LogP contribution in [-0.2, 0) is 13.0 Å². The molecule has 0 unspecified atom stereocenters. The Bertz CT molecular complexity index is 705. The fourth-order valence-electron chi connectivity index (χ4n) is 2.54. The number of anilines is 1. The normalized spacial score (nSPS) is 14.4. The Hall–Kier alpha value is -1.46. The van der Waals surface area contributed by atoms with E-state index in [0.29, 0.717) is 21.2 Å². The van der Waals surface area contributed by atoms with Crippen molar-refractivity contribution in [1.29, 1.82) is 0 Å². The zero-order valence-corrected chi connectivity index (χ0v) is 11.8. The fraction of sp³-hybridized carbons (Fsp3) is 0.308. The molecule has 0 fully saturated rings. The first-order valence-electron chi connectivity index (χ1n) is 6.18. The highest BCUT2D eigenvalue weighted by Gasteiger charge is 2.21. The highest BCUT2D eigenvalue weighted by atomic mass is 35.5. The average Bonchev–Trinajstić information content (AvgIpc) is 2.64. The Balaban J connectivity index is 2.26. The highest BCUT2D eigenvalue weighted by molar-refractivity contribution is 7.71. The number of hydrogen-bond donors (Lipinski definition) is 2. The molecule has 1 aromatic carbocycles. The third kappa shape index (κ3) is 1.93. The van der Waals surface area contributed by atoms with Crippen LogP contribution in [0.15, 0.2) is 18.2 Å². The maximum atomic E-state index is 10.4. The molecule has 1 aliphatic heterocycles. The van der Waals surface area contributed by atoms with Gasteiger partial charge in [-0.15, -0.1) is 0 Å². The largest absolute Gasteiger partial charge is 0.493 e. The quantitative estimate of drug-likeness (QED) is 0.627. The van der Waals surface area contributed by atoms with Gasteiger partial charge in [0.2, 0.25) is 5.88 Å². The van der Waals surface area contributed by atoms with Crippen molar-refractivity contribution in [3.05, 3.63) is 33.7 Å². The van der Waals surface area contributed by atoms with Crippen molar-refractivity contribution in [2.45, 2.75) is 25.8 Å². The second-order valence-corrected chi connectivity index (χ2v) is 5.48. The smallest absolute Gasteiger partial charge is 0.218 e. The maximum absolute atomic E-state index is 10.4. The molecule has 0 spiro atoms. The third-order valence-electron chi connectivity index (χ3n) is 3.48. The van der Waals surface area contributed by atoms with Crippen LogP contribution in [0.25, 0.3) is 5.69 Å². The summed E-state index contributed by atoms with van der Waals surface area (Å²) in [5.41, 5.74) is 7.84. The summed E-state index contributed by atoms with van der Waals surface area (Å²) in [4.78, 5) is 0. The third-order valence-corrected chi connectivity index (χ3v) is 4.18. The Kier molecular flexibility index (Phi) is 3.03. The first-order chi connectivity index (χ1) is 9.09. The molecule has 0 aliphatic carbocycles. The van der Waals surface area contributed by atoms with E-state index >= 15 is 0 Å². The topological polar surface area (TPSA) is 56.1 Å². The monoisotopic (exact) mass is 295 g/mol. The molecule has 6 heteroatoms. The number of rotatable bonds is 1. The molecule has 3 N–H and O–H groups in total. The molecular formula is C13H14ClN3OS. The van der Waals surface area contributed by atoms with Crippen molar-refractivity contribution < 1.29 is 5.11 Å². The molecule has 2 heterocycles. The van der Waals surface area contributed by atoms with Crippen molar-refractivity contribution in [2.75, 3.05) is 5.73 Å². The van der Waals surface area contributed by atoms with E-state index in [-0.39, 0.29) is 5.88 Å². The van der Waals surface area contributed by atoms with E-state index in [1.165, 1.54) is 0 Å². The lowest BCUT2D eigenvalue weighted by Gasteiger charge is -2.12. The van der Waals surface area contributed by atoms with Crippen molar-refractivity contribution in [3.63, 3.8) is 0 Å². The molecule has 1 aromatic heterocycles. The van der Waals surface area contributed by atoms with Gasteiger partial charge in [0.15, 0.2) is 4.77 Å². The molecule has 4 nitrogen and oxygen atoms in total. The van der Waals surface area contributed by atoms with E-state index in [9.17, 15) is 5.11 Å². The van der Waals surface area contributed by atoms with Crippen LogP contribution in [-0.4, -0.2) is 14.2 Å². The molecule has 3 rings (SSSR count). The second-order valence-electron chi connectivity index (χ2n) is 4.71. The van der Waals surface area contributed by atoms with Crippen LogP contribution in [0, 0.1) is 4.77 Å². The number of nitrogens with two attached hydrogens (primary N) is 1. The molecular weight excluding hydrogens is 282 g/mol. The van der Waals surface area contributed by atoms with E-state index in [4.69, 9.17) is 29.6 Å². The van der Waals surface area contributed by atoms with Crippen LogP contribution >= 0.6 is 23.8 Å². The van der Waals surface area contributed by atoms with E-state index < -0.39 is 0 Å². The summed E-state index contributed by atoms with van der Waals surface area (Å²) in [6.45, 7) is 0.849. The van der Waals surface area contributed by atoms with Crippen molar-refractivity contribution in [3.8, 4) is 11.6 Å². The summed E-state index contributed by atoms with van der Waals surface area (Å²) in [7, 11) is 0. The number of nitrogen functional groups attached to an aromatic ring is 1. The van der Waals surface area contributed by atoms with Gasteiger partial charge in [-0.1, -0.05) is 11.6 Å². The summed E-state index contributed by atoms with van der Waals surface area (Å²) < 4.78 is 4.19. The van der Waals surface area contributed by atoms with Crippen molar-refractivity contribution in [1.82, 2.24) is 9.13 Å². The second kappa shape index (κ2) is 4.58. The van der Waals surface area contributed by atoms with Gasteiger partial charge in [0.1, 0.15) is 0 Å². The van der Waals surface area contributed by atoms with E-state index in [1.807, 2.05) is 4.57 Å². The van der Waals surface area contributed by atoms with Gasteiger partial charge < -0.3 is 15.4 Å². The van der Waals surface area contributed by atoms with Gasteiger partial charge in [-0.2, -0.15) is 0 Å². The number of aromatic nitrogens is 2. The van der Waals surface area contributed by atoms with E-state index in [2.05, 4.69) is 0 Å². The molecule has 0 atom stereocenters. The van der Waals surface area contributed by atoms with Crippen LogP contribution in [0.5, 0.6) is 5.88 Å². The summed E-state index contributed by atoms with van der Waals surface area (Å²) in [6, 6.07) is 5.19. The zero-order chi connectivity index (χ0) is 13.6. The lowest BCUT2D eigenvalue weighted by atomic mass is 10.1. The molecule has 19 heavy (non-hydrogen) atoms. The van der Waals surface area contributed by atoms with E-state index in [1.54, 1.807) is 22.8 Å². The minimum Gasteiger partial charge on any atom is -0.493 e. The summed E-state index contributed by atoms with van der Waals surface area (Å²) in [5, 5.41) is 10.9. The summed E-state index contributed by atoms with van der Waals surface area (Å²) in [6.07, 6.45) is 3.00. The zero-order valence-electron chi connectivity index (χ0n) is 10.3. The standard InChI is InChI=1S/C13H14ClN3OS/c14-9-7-8(15)4-5-10(9)17-12(18)11-3-1-2-6-16(11)13(17)19/h4-5,7,18H,1-3,6,15H2. The number of halogens is 1. The Morgan fingerprint density at radius 1 is 1.32 bits per heavy atom. The minimum absolute atomic E-state index is 0.191. The number of nitrogens with zero attached hydrogens (tertiary/aromatic N) is 2. The van der Waals surface area contributed by atoms with Crippen LogP contribution in [0.2, 0.25) is 5.02 Å². The molecule has 100 valence electrons. The van der Waals surface area contributed by atoms with Gasteiger partial charge in [-0.3, -0.25) is 4.57 Å². The van der Waals surface area contributed by atoms with Gasteiger partial charge in [-0.05, 0) is 49.7 Å². The predicted octanol–water partition coefficient (Wildman–Crippen LogP) is 3.29. The SMILES string of the molecule is Nc1ccc(-n2c(O)c3n(c2=S)CCCC3)c(Cl)c1. The Morgan fingerprint density at radius 2 is 2.11 bits per heavy atom. The number of aromatic hydroxyl groups is 1. The molecule has 0 amide bonds. The van der Waals surface area contributed by atoms with Gasteiger partial charge >= 0.3 is 0 Å².